The predicted molar refractivity (Wildman–Crippen MR) is 67.4 cm³/mol. The van der Waals surface area contributed by atoms with E-state index in [1.54, 1.807) is 17.0 Å². The number of fused-ring (bicyclic) bond motifs is 1. The van der Waals surface area contributed by atoms with Gasteiger partial charge >= 0.3 is 0 Å². The predicted octanol–water partition coefficient (Wildman–Crippen LogP) is 1.51. The number of halogens is 1. The Kier molecular flexibility index (Phi) is 3.36. The second-order valence-corrected chi connectivity index (χ2v) is 4.46. The highest BCUT2D eigenvalue weighted by Gasteiger charge is 2.03. The highest BCUT2D eigenvalue weighted by atomic mass is 79.9. The Balaban J connectivity index is 2.53. The van der Waals surface area contributed by atoms with Crippen LogP contribution < -0.4 is 11.3 Å². The second kappa shape index (κ2) is 4.76. The molecule has 0 aliphatic rings. The number of rotatable bonds is 3. The molecule has 0 fully saturated rings. The number of nitrogens with zero attached hydrogens (tertiary/aromatic N) is 2. The first-order valence-corrected chi connectivity index (χ1v) is 5.86. The molecule has 2 aromatic rings. The van der Waals surface area contributed by atoms with Crippen molar-refractivity contribution in [1.29, 1.82) is 0 Å². The van der Waals surface area contributed by atoms with E-state index in [1.165, 1.54) is 0 Å². The minimum absolute atomic E-state index is 0.00838. The molecule has 2 rings (SSSR count). The van der Waals surface area contributed by atoms with E-state index < -0.39 is 0 Å². The fraction of sp³-hybridized carbons (Fsp3) is 0.273. The number of hydrogen-bond acceptors (Lipinski definition) is 3. The van der Waals surface area contributed by atoms with Gasteiger partial charge in [0.05, 0.1) is 17.2 Å². The van der Waals surface area contributed by atoms with Gasteiger partial charge in [-0.25, -0.2) is 4.98 Å². The molecule has 0 aliphatic carbocycles. The third-order valence-corrected chi connectivity index (χ3v) is 2.88. The van der Waals surface area contributed by atoms with E-state index in [1.807, 2.05) is 12.1 Å². The highest BCUT2D eigenvalue weighted by Crippen LogP contribution is 2.14. The van der Waals surface area contributed by atoms with Crippen LogP contribution in [0.2, 0.25) is 0 Å². The molecule has 1 aromatic heterocycles. The van der Waals surface area contributed by atoms with E-state index in [-0.39, 0.29) is 5.56 Å². The monoisotopic (exact) mass is 281 g/mol. The maximum absolute atomic E-state index is 12.0. The molecule has 0 unspecified atom stereocenters. The van der Waals surface area contributed by atoms with Crippen molar-refractivity contribution in [2.45, 2.75) is 13.0 Å². The lowest BCUT2D eigenvalue weighted by atomic mass is 10.2. The number of benzene rings is 1. The molecular formula is C11H12BrN3O. The number of aromatic nitrogens is 2. The lowest BCUT2D eigenvalue weighted by molar-refractivity contribution is 0.624. The Morgan fingerprint density at radius 1 is 1.44 bits per heavy atom. The van der Waals surface area contributed by atoms with E-state index in [0.29, 0.717) is 24.0 Å². The molecule has 0 saturated heterocycles. The molecule has 0 radical (unpaired) electrons. The summed E-state index contributed by atoms with van der Waals surface area (Å²) in [6, 6.07) is 5.47. The lowest BCUT2D eigenvalue weighted by Gasteiger charge is -2.05. The van der Waals surface area contributed by atoms with Crippen LogP contribution in [0.4, 0.5) is 0 Å². The van der Waals surface area contributed by atoms with Crippen molar-refractivity contribution in [2.75, 3.05) is 6.54 Å². The van der Waals surface area contributed by atoms with Crippen molar-refractivity contribution in [3.63, 3.8) is 0 Å². The van der Waals surface area contributed by atoms with Gasteiger partial charge in [0, 0.05) is 11.0 Å². The molecule has 2 N–H and O–H groups in total. The third kappa shape index (κ3) is 2.15. The minimum Gasteiger partial charge on any atom is -0.330 e. The summed E-state index contributed by atoms with van der Waals surface area (Å²) in [5, 5.41) is 0.641. The highest BCUT2D eigenvalue weighted by molar-refractivity contribution is 9.10. The van der Waals surface area contributed by atoms with Gasteiger partial charge in [-0.15, -0.1) is 0 Å². The Morgan fingerprint density at radius 3 is 3.00 bits per heavy atom. The molecule has 0 aliphatic heterocycles. The van der Waals surface area contributed by atoms with Crippen LogP contribution in [0.5, 0.6) is 0 Å². The third-order valence-electron chi connectivity index (χ3n) is 2.39. The second-order valence-electron chi connectivity index (χ2n) is 3.55. The van der Waals surface area contributed by atoms with Gasteiger partial charge in [0.2, 0.25) is 0 Å². The Hall–Kier alpha value is -1.20. The standard InChI is InChI=1S/C11H12BrN3O/c12-8-2-3-9-10(6-8)14-7-15(11(9)16)5-1-4-13/h2-3,6-7H,1,4-5,13H2. The summed E-state index contributed by atoms with van der Waals surface area (Å²) in [6.45, 7) is 1.19. The first-order valence-electron chi connectivity index (χ1n) is 5.07. The Labute approximate surface area is 101 Å². The molecule has 0 atom stereocenters. The van der Waals surface area contributed by atoms with Crippen LogP contribution in [-0.2, 0) is 6.54 Å². The van der Waals surface area contributed by atoms with Gasteiger partial charge in [-0.3, -0.25) is 9.36 Å². The molecule has 4 nitrogen and oxygen atoms in total. The molecule has 16 heavy (non-hydrogen) atoms. The van der Waals surface area contributed by atoms with Gasteiger partial charge in [0.25, 0.3) is 5.56 Å². The average molecular weight is 282 g/mol. The topological polar surface area (TPSA) is 60.9 Å². The van der Waals surface area contributed by atoms with E-state index in [9.17, 15) is 4.79 Å². The van der Waals surface area contributed by atoms with Crippen molar-refractivity contribution in [1.82, 2.24) is 9.55 Å². The van der Waals surface area contributed by atoms with Crippen molar-refractivity contribution in [3.05, 3.63) is 39.4 Å². The van der Waals surface area contributed by atoms with Crippen molar-refractivity contribution < 1.29 is 0 Å². The zero-order chi connectivity index (χ0) is 11.5. The summed E-state index contributed by atoms with van der Waals surface area (Å²) in [5.41, 5.74) is 6.12. The van der Waals surface area contributed by atoms with Crippen molar-refractivity contribution >= 4 is 26.8 Å². The van der Waals surface area contributed by atoms with Crippen LogP contribution in [0.25, 0.3) is 10.9 Å². The summed E-state index contributed by atoms with van der Waals surface area (Å²) < 4.78 is 2.52. The van der Waals surface area contributed by atoms with Crippen LogP contribution >= 0.6 is 15.9 Å². The first kappa shape index (κ1) is 11.3. The number of nitrogens with two attached hydrogens (primary N) is 1. The number of hydrogen-bond donors (Lipinski definition) is 1. The van der Waals surface area contributed by atoms with Gasteiger partial charge in [0.1, 0.15) is 0 Å². The molecule has 0 spiro atoms. The lowest BCUT2D eigenvalue weighted by Crippen LogP contribution is -2.21. The maximum Gasteiger partial charge on any atom is 0.261 e. The van der Waals surface area contributed by atoms with Crippen LogP contribution in [-0.4, -0.2) is 16.1 Å². The molecule has 0 bridgehead atoms. The zero-order valence-corrected chi connectivity index (χ0v) is 10.3. The molecule has 0 saturated carbocycles. The fourth-order valence-electron chi connectivity index (χ4n) is 1.55. The van der Waals surface area contributed by atoms with Crippen LogP contribution in [0, 0.1) is 0 Å². The van der Waals surface area contributed by atoms with Crippen LogP contribution in [0.15, 0.2) is 33.8 Å². The first-order chi connectivity index (χ1) is 7.72. The molecule has 1 aromatic carbocycles. The molecule has 1 heterocycles. The number of aryl methyl sites for hydroxylation is 1. The van der Waals surface area contributed by atoms with E-state index in [0.717, 1.165) is 10.9 Å². The zero-order valence-electron chi connectivity index (χ0n) is 8.69. The van der Waals surface area contributed by atoms with E-state index in [4.69, 9.17) is 5.73 Å². The van der Waals surface area contributed by atoms with Crippen molar-refractivity contribution in [3.8, 4) is 0 Å². The van der Waals surface area contributed by atoms with Crippen LogP contribution in [0.3, 0.4) is 0 Å². The fourth-order valence-corrected chi connectivity index (χ4v) is 1.90. The molecule has 5 heteroatoms. The van der Waals surface area contributed by atoms with Gasteiger partial charge in [-0.1, -0.05) is 15.9 Å². The van der Waals surface area contributed by atoms with E-state index >= 15 is 0 Å². The molecular weight excluding hydrogens is 270 g/mol. The summed E-state index contributed by atoms with van der Waals surface area (Å²) in [7, 11) is 0. The maximum atomic E-state index is 12.0. The largest absolute Gasteiger partial charge is 0.330 e. The van der Waals surface area contributed by atoms with E-state index in [2.05, 4.69) is 20.9 Å². The normalized spacial score (nSPS) is 10.9. The minimum atomic E-state index is -0.00838. The average Bonchev–Trinajstić information content (AvgIpc) is 2.28. The van der Waals surface area contributed by atoms with Gasteiger partial charge in [-0.2, -0.15) is 0 Å². The van der Waals surface area contributed by atoms with Gasteiger partial charge in [-0.05, 0) is 31.2 Å². The Morgan fingerprint density at radius 2 is 2.25 bits per heavy atom. The van der Waals surface area contributed by atoms with Crippen LogP contribution in [0.1, 0.15) is 6.42 Å². The van der Waals surface area contributed by atoms with Gasteiger partial charge < -0.3 is 5.73 Å². The van der Waals surface area contributed by atoms with Crippen molar-refractivity contribution in [2.24, 2.45) is 5.73 Å². The van der Waals surface area contributed by atoms with Gasteiger partial charge in [0.15, 0.2) is 0 Å². The summed E-state index contributed by atoms with van der Waals surface area (Å²) in [5.74, 6) is 0. The molecule has 0 amide bonds. The smallest absolute Gasteiger partial charge is 0.261 e. The SMILES string of the molecule is NCCCn1cnc2cc(Br)ccc2c1=O. The summed E-state index contributed by atoms with van der Waals surface area (Å²) in [4.78, 5) is 16.3. The Bertz CT molecular complexity index is 565. The molecule has 84 valence electrons. The summed E-state index contributed by atoms with van der Waals surface area (Å²) >= 11 is 3.35. The quantitative estimate of drug-likeness (QED) is 0.928. The summed E-state index contributed by atoms with van der Waals surface area (Å²) in [6.07, 6.45) is 2.36.